The second-order valence-corrected chi connectivity index (χ2v) is 3.12. The predicted octanol–water partition coefficient (Wildman–Crippen LogP) is 2.60. The van der Waals surface area contributed by atoms with Gasteiger partial charge >= 0.3 is 0 Å². The van der Waals surface area contributed by atoms with Gasteiger partial charge in [-0.05, 0) is 30.5 Å². The summed E-state index contributed by atoms with van der Waals surface area (Å²) in [7, 11) is 0. The van der Waals surface area contributed by atoms with Crippen molar-refractivity contribution in [2.45, 2.75) is 26.4 Å². The van der Waals surface area contributed by atoms with E-state index in [0.717, 1.165) is 11.1 Å². The number of benzene rings is 1. The van der Waals surface area contributed by atoms with Gasteiger partial charge in [-0.1, -0.05) is 18.2 Å². The number of aliphatic hydroxyl groups excluding tert-OH is 1. The van der Waals surface area contributed by atoms with Crippen LogP contribution in [-0.2, 0) is 0 Å². The summed E-state index contributed by atoms with van der Waals surface area (Å²) in [6, 6.07) is 4.85. The Balaban J connectivity index is 2.97. The van der Waals surface area contributed by atoms with Crippen LogP contribution in [0.4, 0.5) is 8.78 Å². The van der Waals surface area contributed by atoms with Gasteiger partial charge in [-0.3, -0.25) is 0 Å². The third kappa shape index (κ3) is 2.25. The van der Waals surface area contributed by atoms with Crippen LogP contribution in [0, 0.1) is 13.8 Å². The number of hydrogen-bond donors (Lipinski definition) is 1. The van der Waals surface area contributed by atoms with E-state index in [9.17, 15) is 8.78 Å². The molecule has 0 spiro atoms. The Bertz CT molecular complexity index is 297. The molecular formula is C10H12F2O. The molecule has 0 saturated carbocycles. The molecular weight excluding hydrogens is 174 g/mol. The second kappa shape index (κ2) is 3.83. The molecule has 0 fully saturated rings. The number of aliphatic hydroxyl groups is 1. The van der Waals surface area contributed by atoms with E-state index in [1.807, 2.05) is 13.8 Å². The Hall–Kier alpha value is -0.960. The van der Waals surface area contributed by atoms with Gasteiger partial charge in [-0.25, -0.2) is 8.78 Å². The maximum absolute atomic E-state index is 12.1. The molecule has 1 rings (SSSR count). The normalized spacial score (nSPS) is 13.4. The lowest BCUT2D eigenvalue weighted by molar-refractivity contribution is -0.00580. The summed E-state index contributed by atoms with van der Waals surface area (Å²) in [5.74, 6) is 0. The zero-order valence-corrected chi connectivity index (χ0v) is 7.59. The van der Waals surface area contributed by atoms with E-state index in [1.54, 1.807) is 12.1 Å². The summed E-state index contributed by atoms with van der Waals surface area (Å²) in [5, 5.41) is 9.06. The zero-order chi connectivity index (χ0) is 10.0. The van der Waals surface area contributed by atoms with Gasteiger partial charge in [0.2, 0.25) is 0 Å². The highest BCUT2D eigenvalue weighted by atomic mass is 19.3. The van der Waals surface area contributed by atoms with Crippen molar-refractivity contribution in [3.63, 3.8) is 0 Å². The van der Waals surface area contributed by atoms with E-state index < -0.39 is 12.5 Å². The number of rotatable bonds is 2. The van der Waals surface area contributed by atoms with Crippen LogP contribution in [0.3, 0.4) is 0 Å². The van der Waals surface area contributed by atoms with Crippen LogP contribution < -0.4 is 0 Å². The zero-order valence-electron chi connectivity index (χ0n) is 7.59. The Morgan fingerprint density at radius 1 is 1.15 bits per heavy atom. The first kappa shape index (κ1) is 10.1. The van der Waals surface area contributed by atoms with E-state index in [2.05, 4.69) is 0 Å². The fraction of sp³-hybridized carbons (Fsp3) is 0.400. The Morgan fingerprint density at radius 2 is 1.77 bits per heavy atom. The summed E-state index contributed by atoms with van der Waals surface area (Å²) in [6.45, 7) is 3.73. The average molecular weight is 186 g/mol. The SMILES string of the molecule is Cc1ccc(C(O)C(F)F)cc1C. The van der Waals surface area contributed by atoms with Crippen molar-refractivity contribution in [1.82, 2.24) is 0 Å². The summed E-state index contributed by atoms with van der Waals surface area (Å²) in [6.07, 6.45) is -4.39. The smallest absolute Gasteiger partial charge is 0.268 e. The van der Waals surface area contributed by atoms with Crippen LogP contribution in [0.5, 0.6) is 0 Å². The molecule has 0 aromatic heterocycles. The van der Waals surface area contributed by atoms with E-state index >= 15 is 0 Å². The molecule has 0 radical (unpaired) electrons. The Morgan fingerprint density at radius 3 is 2.23 bits per heavy atom. The molecule has 0 amide bonds. The van der Waals surface area contributed by atoms with Crippen LogP contribution in [-0.4, -0.2) is 11.5 Å². The van der Waals surface area contributed by atoms with Crippen LogP contribution in [0.25, 0.3) is 0 Å². The largest absolute Gasteiger partial charge is 0.382 e. The van der Waals surface area contributed by atoms with Crippen molar-refractivity contribution in [1.29, 1.82) is 0 Å². The minimum Gasteiger partial charge on any atom is -0.382 e. The van der Waals surface area contributed by atoms with Gasteiger partial charge in [0.05, 0.1) is 0 Å². The van der Waals surface area contributed by atoms with E-state index in [1.165, 1.54) is 6.07 Å². The number of halogens is 2. The maximum atomic E-state index is 12.1. The molecule has 1 unspecified atom stereocenters. The molecule has 0 aliphatic carbocycles. The van der Waals surface area contributed by atoms with Crippen molar-refractivity contribution in [3.8, 4) is 0 Å². The fourth-order valence-corrected chi connectivity index (χ4v) is 1.09. The predicted molar refractivity (Wildman–Crippen MR) is 46.9 cm³/mol. The number of aryl methyl sites for hydroxylation is 2. The van der Waals surface area contributed by atoms with Crippen molar-refractivity contribution in [2.24, 2.45) is 0 Å². The quantitative estimate of drug-likeness (QED) is 0.752. The molecule has 72 valence electrons. The topological polar surface area (TPSA) is 20.2 Å². The molecule has 13 heavy (non-hydrogen) atoms. The molecule has 0 aliphatic rings. The highest BCUT2D eigenvalue weighted by molar-refractivity contribution is 5.31. The van der Waals surface area contributed by atoms with Gasteiger partial charge in [0.1, 0.15) is 6.10 Å². The molecule has 0 heterocycles. The Kier molecular flexibility index (Phi) is 2.98. The first-order valence-electron chi connectivity index (χ1n) is 4.05. The van der Waals surface area contributed by atoms with Gasteiger partial charge < -0.3 is 5.11 Å². The number of alkyl halides is 2. The highest BCUT2D eigenvalue weighted by Crippen LogP contribution is 2.22. The van der Waals surface area contributed by atoms with E-state index in [-0.39, 0.29) is 5.56 Å². The molecule has 3 heteroatoms. The van der Waals surface area contributed by atoms with Crippen molar-refractivity contribution >= 4 is 0 Å². The van der Waals surface area contributed by atoms with Crippen molar-refractivity contribution in [2.75, 3.05) is 0 Å². The van der Waals surface area contributed by atoms with Gasteiger partial charge in [-0.2, -0.15) is 0 Å². The van der Waals surface area contributed by atoms with Crippen molar-refractivity contribution < 1.29 is 13.9 Å². The summed E-state index contributed by atoms with van der Waals surface area (Å²) < 4.78 is 24.2. The van der Waals surface area contributed by atoms with Crippen LogP contribution in [0.15, 0.2) is 18.2 Å². The molecule has 1 aromatic rings. The first-order chi connectivity index (χ1) is 6.02. The highest BCUT2D eigenvalue weighted by Gasteiger charge is 2.18. The average Bonchev–Trinajstić information content (AvgIpc) is 2.08. The standard InChI is InChI=1S/C10H12F2O/c1-6-3-4-8(5-7(6)2)9(13)10(11)12/h3-5,9-10,13H,1-2H3. The monoisotopic (exact) mass is 186 g/mol. The number of hydrogen-bond acceptors (Lipinski definition) is 1. The summed E-state index contributed by atoms with van der Waals surface area (Å²) in [4.78, 5) is 0. The lowest BCUT2D eigenvalue weighted by atomic mass is 10.0. The van der Waals surface area contributed by atoms with Gasteiger partial charge in [0.25, 0.3) is 6.43 Å². The van der Waals surface area contributed by atoms with Crippen molar-refractivity contribution in [3.05, 3.63) is 34.9 Å². The maximum Gasteiger partial charge on any atom is 0.268 e. The third-order valence-corrected chi connectivity index (χ3v) is 2.11. The van der Waals surface area contributed by atoms with Crippen LogP contribution in [0.1, 0.15) is 22.8 Å². The first-order valence-corrected chi connectivity index (χ1v) is 4.05. The molecule has 1 N–H and O–H groups in total. The molecule has 1 nitrogen and oxygen atoms in total. The summed E-state index contributed by atoms with van der Waals surface area (Å²) in [5.41, 5.74) is 2.22. The van der Waals surface area contributed by atoms with Gasteiger partial charge in [0, 0.05) is 0 Å². The third-order valence-electron chi connectivity index (χ3n) is 2.11. The summed E-state index contributed by atoms with van der Waals surface area (Å²) >= 11 is 0. The lowest BCUT2D eigenvalue weighted by Crippen LogP contribution is -2.08. The molecule has 1 aromatic carbocycles. The second-order valence-electron chi connectivity index (χ2n) is 3.12. The minimum atomic E-state index is -2.72. The van der Waals surface area contributed by atoms with Crippen LogP contribution >= 0.6 is 0 Å². The molecule has 0 aliphatic heterocycles. The van der Waals surface area contributed by atoms with E-state index in [4.69, 9.17) is 5.11 Å². The van der Waals surface area contributed by atoms with Gasteiger partial charge in [-0.15, -0.1) is 0 Å². The molecule has 0 bridgehead atoms. The molecule has 0 saturated heterocycles. The van der Waals surface area contributed by atoms with E-state index in [0.29, 0.717) is 0 Å². The fourth-order valence-electron chi connectivity index (χ4n) is 1.09. The minimum absolute atomic E-state index is 0.276. The Labute approximate surface area is 76.0 Å². The lowest BCUT2D eigenvalue weighted by Gasteiger charge is -2.11. The van der Waals surface area contributed by atoms with Gasteiger partial charge in [0.15, 0.2) is 0 Å². The van der Waals surface area contributed by atoms with Crippen LogP contribution in [0.2, 0.25) is 0 Å². The molecule has 1 atom stereocenters.